The molecule has 118 valence electrons. The summed E-state index contributed by atoms with van der Waals surface area (Å²) in [6.45, 7) is 4.23. The van der Waals surface area contributed by atoms with Gasteiger partial charge in [-0.3, -0.25) is 4.79 Å². The number of carbonyl (C=O) groups excluding carboxylic acids is 1. The lowest BCUT2D eigenvalue weighted by molar-refractivity contribution is 0.0992. The lowest BCUT2D eigenvalue weighted by Crippen LogP contribution is -2.26. The monoisotopic (exact) mass is 332 g/mol. The Labute approximate surface area is 128 Å². The number of ether oxygens (including phenoxy) is 1. The minimum Gasteiger partial charge on any atom is -0.396 e. The van der Waals surface area contributed by atoms with Crippen LogP contribution in [0.3, 0.4) is 0 Å². The maximum Gasteiger partial charge on any atom is 0.180 e. The number of sulfone groups is 1. The Hall–Kier alpha value is -1.12. The smallest absolute Gasteiger partial charge is 0.180 e. The minimum absolute atomic E-state index is 0.0891. The summed E-state index contributed by atoms with van der Waals surface area (Å²) in [5, 5.41) is 0.567. The number of hydrogen-bond acceptors (Lipinski definition) is 7. The van der Waals surface area contributed by atoms with E-state index in [1.54, 1.807) is 6.92 Å². The summed E-state index contributed by atoms with van der Waals surface area (Å²) in [7, 11) is -3.50. The first kappa shape index (κ1) is 16.3. The molecule has 2 heterocycles. The first-order valence-electron chi connectivity index (χ1n) is 6.84. The molecule has 0 radical (unpaired) electrons. The SMILES string of the molecule is CCC(=O)c1sc(N2CCCOCC2)c(S(C)(=O)=O)c1N. The largest absolute Gasteiger partial charge is 0.396 e. The van der Waals surface area contributed by atoms with Crippen molar-refractivity contribution in [2.45, 2.75) is 24.7 Å². The lowest BCUT2D eigenvalue weighted by Gasteiger charge is -2.21. The molecule has 2 rings (SSSR count). The maximum absolute atomic E-state index is 12.1. The highest BCUT2D eigenvalue weighted by Crippen LogP contribution is 2.42. The zero-order valence-electron chi connectivity index (χ0n) is 12.2. The van der Waals surface area contributed by atoms with E-state index in [4.69, 9.17) is 10.5 Å². The third kappa shape index (κ3) is 3.38. The lowest BCUT2D eigenvalue weighted by atomic mass is 10.2. The van der Waals surface area contributed by atoms with Gasteiger partial charge in [-0.1, -0.05) is 6.92 Å². The zero-order chi connectivity index (χ0) is 15.6. The van der Waals surface area contributed by atoms with Crippen molar-refractivity contribution in [3.05, 3.63) is 4.88 Å². The van der Waals surface area contributed by atoms with Crippen molar-refractivity contribution in [1.82, 2.24) is 0 Å². The van der Waals surface area contributed by atoms with Crippen LogP contribution in [-0.2, 0) is 14.6 Å². The van der Waals surface area contributed by atoms with E-state index < -0.39 is 9.84 Å². The Morgan fingerprint density at radius 2 is 2.10 bits per heavy atom. The molecule has 0 spiro atoms. The van der Waals surface area contributed by atoms with E-state index in [0.29, 0.717) is 42.6 Å². The molecule has 1 aliphatic rings. The molecule has 1 fully saturated rings. The summed E-state index contributed by atoms with van der Waals surface area (Å²) in [6.07, 6.45) is 2.25. The van der Waals surface area contributed by atoms with E-state index in [-0.39, 0.29) is 16.4 Å². The summed E-state index contributed by atoms with van der Waals surface area (Å²) in [5.41, 5.74) is 6.06. The van der Waals surface area contributed by atoms with E-state index in [9.17, 15) is 13.2 Å². The van der Waals surface area contributed by atoms with Gasteiger partial charge in [-0.2, -0.15) is 0 Å². The topological polar surface area (TPSA) is 89.7 Å². The molecular weight excluding hydrogens is 312 g/mol. The Kier molecular flexibility index (Phi) is 4.90. The molecule has 1 aromatic rings. The van der Waals surface area contributed by atoms with Crippen LogP contribution in [0.2, 0.25) is 0 Å². The molecule has 1 saturated heterocycles. The van der Waals surface area contributed by atoms with Gasteiger partial charge in [0.25, 0.3) is 0 Å². The Bertz CT molecular complexity index is 629. The molecule has 0 atom stereocenters. The predicted octanol–water partition coefficient (Wildman–Crippen LogP) is 1.55. The molecule has 0 bridgehead atoms. The normalized spacial score (nSPS) is 16.8. The van der Waals surface area contributed by atoms with Crippen LogP contribution in [0.25, 0.3) is 0 Å². The van der Waals surface area contributed by atoms with Crippen molar-refractivity contribution < 1.29 is 17.9 Å². The first-order chi connectivity index (χ1) is 9.86. The Morgan fingerprint density at radius 3 is 2.71 bits per heavy atom. The van der Waals surface area contributed by atoms with Gasteiger partial charge in [0.1, 0.15) is 9.90 Å². The molecule has 0 amide bonds. The van der Waals surface area contributed by atoms with Crippen LogP contribution in [-0.4, -0.2) is 46.8 Å². The quantitative estimate of drug-likeness (QED) is 0.842. The number of Topliss-reactive ketones (excluding diaryl/α,β-unsaturated/α-hetero) is 1. The average Bonchev–Trinajstić information content (AvgIpc) is 2.62. The molecule has 2 N–H and O–H groups in total. The predicted molar refractivity (Wildman–Crippen MR) is 84.1 cm³/mol. The third-order valence-electron chi connectivity index (χ3n) is 3.34. The second-order valence-electron chi connectivity index (χ2n) is 4.98. The van der Waals surface area contributed by atoms with Crippen LogP contribution in [0.5, 0.6) is 0 Å². The van der Waals surface area contributed by atoms with Crippen molar-refractivity contribution >= 4 is 37.6 Å². The highest BCUT2D eigenvalue weighted by Gasteiger charge is 2.29. The number of nitrogen functional groups attached to an aromatic ring is 1. The minimum atomic E-state index is -3.50. The van der Waals surface area contributed by atoms with Crippen molar-refractivity contribution in [2.24, 2.45) is 0 Å². The molecule has 8 heteroatoms. The van der Waals surface area contributed by atoms with Gasteiger partial charge in [0.05, 0.1) is 17.2 Å². The highest BCUT2D eigenvalue weighted by molar-refractivity contribution is 7.91. The van der Waals surface area contributed by atoms with E-state index in [2.05, 4.69) is 0 Å². The van der Waals surface area contributed by atoms with E-state index in [1.807, 2.05) is 4.90 Å². The van der Waals surface area contributed by atoms with Crippen LogP contribution in [0.4, 0.5) is 10.7 Å². The molecule has 1 aliphatic heterocycles. The van der Waals surface area contributed by atoms with Crippen LogP contribution >= 0.6 is 11.3 Å². The summed E-state index contributed by atoms with van der Waals surface area (Å²) in [6, 6.07) is 0. The Balaban J connectivity index is 2.55. The van der Waals surface area contributed by atoms with Gasteiger partial charge in [-0.05, 0) is 6.42 Å². The molecule has 6 nitrogen and oxygen atoms in total. The number of ketones is 1. The van der Waals surface area contributed by atoms with Gasteiger partial charge >= 0.3 is 0 Å². The average molecular weight is 332 g/mol. The highest BCUT2D eigenvalue weighted by atomic mass is 32.2. The van der Waals surface area contributed by atoms with Crippen LogP contribution < -0.4 is 10.6 Å². The van der Waals surface area contributed by atoms with Crippen molar-refractivity contribution in [2.75, 3.05) is 43.2 Å². The molecule has 0 saturated carbocycles. The summed E-state index contributed by atoms with van der Waals surface area (Å²) in [5.74, 6) is -0.125. The number of thiophene rings is 1. The number of hydrogen-bond donors (Lipinski definition) is 1. The summed E-state index contributed by atoms with van der Waals surface area (Å²) >= 11 is 1.18. The van der Waals surface area contributed by atoms with Gasteiger partial charge in [-0.25, -0.2) is 8.42 Å². The number of carbonyl (C=O) groups is 1. The Morgan fingerprint density at radius 1 is 1.38 bits per heavy atom. The number of nitrogens with zero attached hydrogens (tertiary/aromatic N) is 1. The third-order valence-corrected chi connectivity index (χ3v) is 5.93. The van der Waals surface area contributed by atoms with Crippen molar-refractivity contribution in [1.29, 1.82) is 0 Å². The van der Waals surface area contributed by atoms with Gasteiger partial charge in [0.2, 0.25) is 0 Å². The van der Waals surface area contributed by atoms with Gasteiger partial charge < -0.3 is 15.4 Å². The van der Waals surface area contributed by atoms with E-state index >= 15 is 0 Å². The summed E-state index contributed by atoms with van der Waals surface area (Å²) in [4.78, 5) is 14.4. The fourth-order valence-corrected chi connectivity index (χ4v) is 5.07. The summed E-state index contributed by atoms with van der Waals surface area (Å²) < 4.78 is 29.6. The molecule has 0 aliphatic carbocycles. The molecule has 0 aromatic carbocycles. The number of rotatable bonds is 4. The van der Waals surface area contributed by atoms with Gasteiger partial charge in [0, 0.05) is 32.4 Å². The fraction of sp³-hybridized carbons (Fsp3) is 0.615. The molecule has 1 aromatic heterocycles. The van der Waals surface area contributed by atoms with Gasteiger partial charge in [0.15, 0.2) is 15.6 Å². The van der Waals surface area contributed by atoms with E-state index in [1.165, 1.54) is 11.3 Å². The van der Waals surface area contributed by atoms with Crippen molar-refractivity contribution in [3.8, 4) is 0 Å². The number of anilines is 2. The molecule has 0 unspecified atom stereocenters. The van der Waals surface area contributed by atoms with Crippen molar-refractivity contribution in [3.63, 3.8) is 0 Å². The standard InChI is InChI=1S/C13H20N2O4S2/c1-3-9(16)11-10(14)12(21(2,17)18)13(20-11)15-5-4-7-19-8-6-15/h3-8,14H2,1-2H3. The van der Waals surface area contributed by atoms with Crippen LogP contribution in [0.1, 0.15) is 29.4 Å². The number of nitrogens with two attached hydrogens (primary N) is 1. The second-order valence-corrected chi connectivity index (χ2v) is 7.93. The molecular formula is C13H20N2O4S2. The fourth-order valence-electron chi connectivity index (χ4n) is 2.30. The molecule has 21 heavy (non-hydrogen) atoms. The van der Waals surface area contributed by atoms with Crippen LogP contribution in [0.15, 0.2) is 4.90 Å². The van der Waals surface area contributed by atoms with E-state index in [0.717, 1.165) is 12.7 Å². The zero-order valence-corrected chi connectivity index (χ0v) is 13.8. The second kappa shape index (κ2) is 6.33. The maximum atomic E-state index is 12.1. The van der Waals surface area contributed by atoms with Gasteiger partial charge in [-0.15, -0.1) is 11.3 Å². The first-order valence-corrected chi connectivity index (χ1v) is 9.55. The van der Waals surface area contributed by atoms with Crippen LogP contribution in [0, 0.1) is 0 Å².